The Hall–Kier alpha value is -2.93. The molecule has 0 unspecified atom stereocenters. The Bertz CT molecular complexity index is 1480. The van der Waals surface area contributed by atoms with E-state index in [1.54, 1.807) is 11.1 Å². The molecule has 0 spiro atoms. The van der Waals surface area contributed by atoms with E-state index in [1.165, 1.54) is 58.0 Å². The number of aryl methyl sites for hydroxylation is 1. The van der Waals surface area contributed by atoms with Gasteiger partial charge in [0, 0.05) is 17.9 Å². The second-order valence-electron chi connectivity index (χ2n) is 13.0. The normalized spacial score (nSPS) is 19.0. The van der Waals surface area contributed by atoms with Gasteiger partial charge in [-0.1, -0.05) is 77.9 Å². The second-order valence-corrected chi connectivity index (χ2v) is 13.0. The van der Waals surface area contributed by atoms with Crippen LogP contribution >= 0.6 is 0 Å². The lowest BCUT2D eigenvalue weighted by molar-refractivity contribution is -0.685. The predicted molar refractivity (Wildman–Crippen MR) is 157 cm³/mol. The summed E-state index contributed by atoms with van der Waals surface area (Å²) in [7, 11) is 0. The summed E-state index contributed by atoms with van der Waals surface area (Å²) in [6, 6.07) is 25.7. The van der Waals surface area contributed by atoms with Gasteiger partial charge in [0.1, 0.15) is 6.54 Å². The smallest absolute Gasteiger partial charge is 0.198 e. The van der Waals surface area contributed by atoms with Crippen LogP contribution in [0.1, 0.15) is 90.3 Å². The van der Waals surface area contributed by atoms with Crippen molar-refractivity contribution in [2.24, 2.45) is 0 Å². The highest BCUT2D eigenvalue weighted by molar-refractivity contribution is 5.96. The summed E-state index contributed by atoms with van der Waals surface area (Å²) in [5, 5.41) is 2.80. The van der Waals surface area contributed by atoms with E-state index in [2.05, 4.69) is 119 Å². The third-order valence-corrected chi connectivity index (χ3v) is 10.1. The third kappa shape index (κ3) is 3.77. The van der Waals surface area contributed by atoms with Crippen molar-refractivity contribution in [2.75, 3.05) is 0 Å². The first kappa shape index (κ1) is 24.4. The molecule has 1 heteroatoms. The van der Waals surface area contributed by atoms with Gasteiger partial charge >= 0.3 is 0 Å². The fourth-order valence-electron chi connectivity index (χ4n) is 7.31. The van der Waals surface area contributed by atoms with Crippen molar-refractivity contribution in [1.82, 2.24) is 0 Å². The van der Waals surface area contributed by atoms with Crippen molar-refractivity contribution in [2.45, 2.75) is 96.4 Å². The number of fused-ring (bicyclic) bond motifs is 6. The molecule has 1 aliphatic heterocycles. The molecule has 2 aliphatic rings. The molecule has 3 aromatic carbocycles. The zero-order valence-electron chi connectivity index (χ0n) is 23.6. The first-order chi connectivity index (χ1) is 17.7. The first-order valence-electron chi connectivity index (χ1n) is 14.4. The molecular weight excluding hydrogens is 446 g/mol. The topological polar surface area (TPSA) is 3.88 Å². The molecule has 0 atom stereocenters. The van der Waals surface area contributed by atoms with Crippen molar-refractivity contribution in [3.8, 4) is 22.4 Å². The van der Waals surface area contributed by atoms with Crippen LogP contribution in [0.4, 0.5) is 0 Å². The minimum atomic E-state index is 0.188. The fraction of sp³-hybridized carbons (Fsp3) is 0.417. The van der Waals surface area contributed by atoms with Gasteiger partial charge in [0.15, 0.2) is 6.20 Å². The lowest BCUT2D eigenvalue weighted by Crippen LogP contribution is -2.37. The minimum Gasteiger partial charge on any atom is -0.198 e. The lowest BCUT2D eigenvalue weighted by Gasteiger charge is -2.42. The van der Waals surface area contributed by atoms with Gasteiger partial charge in [0.25, 0.3) is 0 Å². The van der Waals surface area contributed by atoms with E-state index in [4.69, 9.17) is 0 Å². The molecule has 190 valence electrons. The quantitative estimate of drug-likeness (QED) is 0.253. The predicted octanol–water partition coefficient (Wildman–Crippen LogP) is 9.27. The third-order valence-electron chi connectivity index (χ3n) is 10.1. The molecule has 0 radical (unpaired) electrons. The Kier molecular flexibility index (Phi) is 5.64. The second kappa shape index (κ2) is 8.55. The minimum absolute atomic E-state index is 0.188. The summed E-state index contributed by atoms with van der Waals surface area (Å²) in [5.74, 6) is 0. The van der Waals surface area contributed by atoms with Gasteiger partial charge in [0.05, 0.1) is 10.9 Å². The number of nitrogens with zero attached hydrogens (tertiary/aromatic N) is 1. The molecule has 4 aromatic rings. The summed E-state index contributed by atoms with van der Waals surface area (Å²) in [6.07, 6.45) is 8.36. The molecule has 1 nitrogen and oxygen atoms in total. The maximum atomic E-state index is 2.58. The van der Waals surface area contributed by atoms with Crippen molar-refractivity contribution in [3.63, 3.8) is 0 Å². The molecule has 0 saturated heterocycles. The van der Waals surface area contributed by atoms with E-state index in [1.807, 2.05) is 0 Å². The van der Waals surface area contributed by atoms with Crippen molar-refractivity contribution in [1.29, 1.82) is 0 Å². The van der Waals surface area contributed by atoms with E-state index in [-0.39, 0.29) is 16.2 Å². The SMILES string of the molecule is CCC1(CC)CC[n+]2ccc3cc4c(cc3c2-c2ccc(-c3ccccc3)cc21)C(C)(C)CCC4(C)C. The first-order valence-corrected chi connectivity index (χ1v) is 14.4. The highest BCUT2D eigenvalue weighted by Crippen LogP contribution is 2.49. The number of hydrogen-bond acceptors (Lipinski definition) is 0. The van der Waals surface area contributed by atoms with Gasteiger partial charge in [-0.15, -0.1) is 0 Å². The standard InChI is InChI=1S/C36H42N/c1-7-36(8-2)19-21-37-20-16-27-23-31-32(35(5,6)18-17-34(31,3)4)24-29(27)33(37)28-15-14-26(22-30(28)36)25-12-10-9-11-13-25/h9-16,20,22-24H,7-8,17-19,21H2,1-6H3/q+1. The van der Waals surface area contributed by atoms with E-state index in [0.29, 0.717) is 0 Å². The summed E-state index contributed by atoms with van der Waals surface area (Å²) >= 11 is 0. The van der Waals surface area contributed by atoms with Gasteiger partial charge in [-0.3, -0.25) is 0 Å². The monoisotopic (exact) mass is 488 g/mol. The Balaban J connectivity index is 1.67. The van der Waals surface area contributed by atoms with Crippen molar-refractivity contribution in [3.05, 3.63) is 89.6 Å². The Labute approximate surface area is 223 Å². The van der Waals surface area contributed by atoms with Crippen LogP contribution in [-0.2, 0) is 22.8 Å². The summed E-state index contributed by atoms with van der Waals surface area (Å²) in [5.41, 5.74) is 10.7. The number of hydrogen-bond donors (Lipinski definition) is 0. The number of aromatic nitrogens is 1. The van der Waals surface area contributed by atoms with Crippen molar-refractivity contribution < 1.29 is 4.57 Å². The Morgan fingerprint density at radius 2 is 1.35 bits per heavy atom. The van der Waals surface area contributed by atoms with Gasteiger partial charge < -0.3 is 0 Å². The Morgan fingerprint density at radius 3 is 2.03 bits per heavy atom. The molecule has 1 aliphatic carbocycles. The van der Waals surface area contributed by atoms with Gasteiger partial charge in [-0.05, 0) is 94.0 Å². The van der Waals surface area contributed by atoms with Gasteiger partial charge in [-0.25, -0.2) is 0 Å². The zero-order valence-corrected chi connectivity index (χ0v) is 23.6. The summed E-state index contributed by atoms with van der Waals surface area (Å²) < 4.78 is 2.56. The molecule has 37 heavy (non-hydrogen) atoms. The number of pyridine rings is 1. The van der Waals surface area contributed by atoms with Crippen LogP contribution in [0.2, 0.25) is 0 Å². The lowest BCUT2D eigenvalue weighted by atomic mass is 9.62. The maximum absolute atomic E-state index is 2.58. The molecule has 6 rings (SSSR count). The van der Waals surface area contributed by atoms with Gasteiger partial charge in [0.2, 0.25) is 5.69 Å². The van der Waals surface area contributed by atoms with E-state index >= 15 is 0 Å². The average molecular weight is 489 g/mol. The van der Waals surface area contributed by atoms with Crippen LogP contribution in [0, 0.1) is 0 Å². The highest BCUT2D eigenvalue weighted by atomic mass is 15.0. The molecular formula is C36H42N+. The maximum Gasteiger partial charge on any atom is 0.220 e. The zero-order chi connectivity index (χ0) is 26.0. The van der Waals surface area contributed by atoms with E-state index in [9.17, 15) is 0 Å². The van der Waals surface area contributed by atoms with Crippen LogP contribution in [0.3, 0.4) is 0 Å². The Morgan fingerprint density at radius 1 is 0.676 bits per heavy atom. The number of benzene rings is 3. The van der Waals surface area contributed by atoms with Crippen LogP contribution < -0.4 is 4.57 Å². The molecule has 0 bridgehead atoms. The van der Waals surface area contributed by atoms with E-state index in [0.717, 1.165) is 19.4 Å². The fourth-order valence-corrected chi connectivity index (χ4v) is 7.31. The van der Waals surface area contributed by atoms with E-state index < -0.39 is 0 Å². The average Bonchev–Trinajstić information content (AvgIpc) is 3.06. The van der Waals surface area contributed by atoms with Crippen LogP contribution in [-0.4, -0.2) is 0 Å². The molecule has 0 fully saturated rings. The van der Waals surface area contributed by atoms with Crippen LogP contribution in [0.15, 0.2) is 72.9 Å². The molecule has 0 amide bonds. The van der Waals surface area contributed by atoms with Crippen LogP contribution in [0.25, 0.3) is 33.2 Å². The number of rotatable bonds is 3. The highest BCUT2D eigenvalue weighted by Gasteiger charge is 2.40. The largest absolute Gasteiger partial charge is 0.220 e. The molecule has 1 aromatic heterocycles. The molecule has 0 saturated carbocycles. The molecule has 0 N–H and O–H groups in total. The van der Waals surface area contributed by atoms with Crippen molar-refractivity contribution >= 4 is 10.8 Å². The summed E-state index contributed by atoms with van der Waals surface area (Å²) in [6.45, 7) is 15.6. The van der Waals surface area contributed by atoms with Gasteiger partial charge in [-0.2, -0.15) is 4.57 Å². The van der Waals surface area contributed by atoms with Crippen LogP contribution in [0.5, 0.6) is 0 Å². The summed E-state index contributed by atoms with van der Waals surface area (Å²) in [4.78, 5) is 0. The molecule has 2 heterocycles.